The molecule has 2 aromatic rings. The van der Waals surface area contributed by atoms with E-state index in [1.54, 1.807) is 55.2 Å². The average Bonchev–Trinajstić information content (AvgIpc) is 3.16. The molecule has 6 nitrogen and oxygen atoms in total. The topological polar surface area (TPSA) is 55.9 Å². The molecular formula is C21H24F2N4O2. The Morgan fingerprint density at radius 3 is 2.21 bits per heavy atom. The molecule has 2 aromatic carbocycles. The minimum Gasteiger partial charge on any atom is -0.331 e. The van der Waals surface area contributed by atoms with Crippen molar-refractivity contribution in [1.82, 2.24) is 14.7 Å². The number of halogens is 2. The third-order valence-corrected chi connectivity index (χ3v) is 5.02. The Hall–Kier alpha value is -3.16. The number of hydrogen-bond acceptors (Lipinski definition) is 2. The predicted octanol–water partition coefficient (Wildman–Crippen LogP) is 3.85. The van der Waals surface area contributed by atoms with Gasteiger partial charge in [0.25, 0.3) is 0 Å². The van der Waals surface area contributed by atoms with Crippen LogP contribution in [0.2, 0.25) is 0 Å². The first-order chi connectivity index (χ1) is 13.7. The zero-order chi connectivity index (χ0) is 21.1. The van der Waals surface area contributed by atoms with Crippen molar-refractivity contribution in [2.24, 2.45) is 0 Å². The summed E-state index contributed by atoms with van der Waals surface area (Å²) < 4.78 is 26.8. The first-order valence-electron chi connectivity index (χ1n) is 9.31. The number of hydrogen-bond donors (Lipinski definition) is 1. The van der Waals surface area contributed by atoms with Crippen LogP contribution in [0.25, 0.3) is 11.1 Å². The van der Waals surface area contributed by atoms with E-state index in [0.29, 0.717) is 36.3 Å². The van der Waals surface area contributed by atoms with Gasteiger partial charge in [-0.2, -0.15) is 0 Å². The summed E-state index contributed by atoms with van der Waals surface area (Å²) in [5, 5.41) is 2.81. The molecule has 8 heteroatoms. The quantitative estimate of drug-likeness (QED) is 0.848. The molecule has 0 unspecified atom stereocenters. The van der Waals surface area contributed by atoms with Crippen molar-refractivity contribution in [1.29, 1.82) is 0 Å². The van der Waals surface area contributed by atoms with E-state index in [2.05, 4.69) is 5.32 Å². The highest BCUT2D eigenvalue weighted by Gasteiger charge is 2.31. The highest BCUT2D eigenvalue weighted by Crippen LogP contribution is 2.24. The lowest BCUT2D eigenvalue weighted by molar-refractivity contribution is 0.175. The summed E-state index contributed by atoms with van der Waals surface area (Å²) in [5.74, 6) is -1.28. The normalized spacial score (nSPS) is 15.9. The van der Waals surface area contributed by atoms with Gasteiger partial charge >= 0.3 is 12.1 Å². The van der Waals surface area contributed by atoms with Crippen LogP contribution in [0.3, 0.4) is 0 Å². The fourth-order valence-electron chi connectivity index (χ4n) is 3.36. The highest BCUT2D eigenvalue weighted by atomic mass is 19.1. The molecule has 154 valence electrons. The molecule has 3 rings (SSSR count). The number of anilines is 1. The lowest BCUT2D eigenvalue weighted by Crippen LogP contribution is -2.43. The van der Waals surface area contributed by atoms with E-state index in [9.17, 15) is 18.4 Å². The van der Waals surface area contributed by atoms with Crippen molar-refractivity contribution in [3.8, 4) is 11.1 Å². The molecule has 1 atom stereocenters. The molecule has 4 amide bonds. The molecule has 1 heterocycles. The molecule has 29 heavy (non-hydrogen) atoms. The SMILES string of the molecule is CN(C)C(=O)N1CC[C@H](N(C)C(=O)Nc2ccc(-c3cc(F)cc(F)c3)cc2)C1. The van der Waals surface area contributed by atoms with Crippen molar-refractivity contribution in [2.75, 3.05) is 39.5 Å². The number of carbonyl (C=O) groups excluding carboxylic acids is 2. The summed E-state index contributed by atoms with van der Waals surface area (Å²) in [4.78, 5) is 29.4. The zero-order valence-corrected chi connectivity index (χ0v) is 16.7. The Morgan fingerprint density at radius 1 is 1.00 bits per heavy atom. The lowest BCUT2D eigenvalue weighted by atomic mass is 10.1. The minimum absolute atomic E-state index is 0.0616. The highest BCUT2D eigenvalue weighted by molar-refractivity contribution is 5.89. The van der Waals surface area contributed by atoms with Crippen LogP contribution in [0.1, 0.15) is 6.42 Å². The number of urea groups is 2. The summed E-state index contributed by atoms with van der Waals surface area (Å²) in [6.45, 7) is 1.10. The zero-order valence-electron chi connectivity index (χ0n) is 16.7. The van der Waals surface area contributed by atoms with Crippen molar-refractivity contribution in [3.63, 3.8) is 0 Å². The average molecular weight is 402 g/mol. The molecular weight excluding hydrogens is 378 g/mol. The second-order valence-corrected chi connectivity index (χ2v) is 7.34. The largest absolute Gasteiger partial charge is 0.331 e. The Balaban J connectivity index is 1.61. The number of benzene rings is 2. The Labute approximate surface area is 168 Å². The summed E-state index contributed by atoms with van der Waals surface area (Å²) in [5.41, 5.74) is 1.64. The van der Waals surface area contributed by atoms with Crippen LogP contribution in [0.4, 0.5) is 24.1 Å². The standard InChI is InChI=1S/C21H24F2N4O2/c1-25(2)21(29)27-9-8-19(13-27)26(3)20(28)24-18-6-4-14(5-7-18)15-10-16(22)12-17(23)11-15/h4-7,10-12,19H,8-9,13H2,1-3H3,(H,24,28)/t19-/m0/s1. The monoisotopic (exact) mass is 402 g/mol. The fourth-order valence-corrected chi connectivity index (χ4v) is 3.36. The molecule has 0 spiro atoms. The number of rotatable bonds is 3. The number of nitrogens with zero attached hydrogens (tertiary/aromatic N) is 3. The molecule has 0 aliphatic carbocycles. The molecule has 1 N–H and O–H groups in total. The Kier molecular flexibility index (Phi) is 6.00. The maximum atomic E-state index is 13.4. The van der Waals surface area contributed by atoms with Gasteiger partial charge in [0.1, 0.15) is 11.6 Å². The maximum Gasteiger partial charge on any atom is 0.321 e. The molecule has 0 bridgehead atoms. The van der Waals surface area contributed by atoms with Crippen molar-refractivity contribution < 1.29 is 18.4 Å². The Morgan fingerprint density at radius 2 is 1.62 bits per heavy atom. The van der Waals surface area contributed by atoms with Gasteiger partial charge in [-0.05, 0) is 41.8 Å². The van der Waals surface area contributed by atoms with E-state index in [0.717, 1.165) is 6.07 Å². The first kappa shape index (κ1) is 20.6. The van der Waals surface area contributed by atoms with Crippen LogP contribution in [-0.4, -0.2) is 67.0 Å². The second kappa shape index (κ2) is 8.46. The molecule has 1 saturated heterocycles. The number of likely N-dealkylation sites (N-methyl/N-ethyl adjacent to an activating group) is 1. The van der Waals surface area contributed by atoms with Crippen LogP contribution in [0, 0.1) is 11.6 Å². The smallest absolute Gasteiger partial charge is 0.321 e. The van der Waals surface area contributed by atoms with Crippen LogP contribution < -0.4 is 5.32 Å². The molecule has 0 saturated carbocycles. The fraction of sp³-hybridized carbons (Fsp3) is 0.333. The van der Waals surface area contributed by atoms with E-state index >= 15 is 0 Å². The molecule has 0 radical (unpaired) electrons. The third kappa shape index (κ3) is 4.82. The van der Waals surface area contributed by atoms with Gasteiger partial charge in [-0.15, -0.1) is 0 Å². The van der Waals surface area contributed by atoms with Crippen molar-refractivity contribution in [2.45, 2.75) is 12.5 Å². The number of amides is 4. The van der Waals surface area contributed by atoms with Gasteiger partial charge in [-0.1, -0.05) is 12.1 Å². The van der Waals surface area contributed by atoms with E-state index in [1.807, 2.05) is 0 Å². The van der Waals surface area contributed by atoms with E-state index in [-0.39, 0.29) is 18.1 Å². The minimum atomic E-state index is -0.641. The van der Waals surface area contributed by atoms with Crippen molar-refractivity contribution >= 4 is 17.7 Å². The summed E-state index contributed by atoms with van der Waals surface area (Å²) >= 11 is 0. The number of carbonyl (C=O) groups is 2. The van der Waals surface area contributed by atoms with Crippen LogP contribution in [0.5, 0.6) is 0 Å². The summed E-state index contributed by atoms with van der Waals surface area (Å²) in [7, 11) is 5.11. The van der Waals surface area contributed by atoms with E-state index < -0.39 is 11.6 Å². The molecule has 1 aliphatic rings. The lowest BCUT2D eigenvalue weighted by Gasteiger charge is -2.26. The van der Waals surface area contributed by atoms with E-state index in [1.165, 1.54) is 17.0 Å². The van der Waals surface area contributed by atoms with Gasteiger partial charge < -0.3 is 20.0 Å². The number of nitrogens with one attached hydrogen (secondary N) is 1. The van der Waals surface area contributed by atoms with Crippen molar-refractivity contribution in [3.05, 3.63) is 54.1 Å². The van der Waals surface area contributed by atoms with Crippen LogP contribution >= 0.6 is 0 Å². The predicted molar refractivity (Wildman–Crippen MR) is 108 cm³/mol. The molecule has 1 fully saturated rings. The van der Waals surface area contributed by atoms with Crippen LogP contribution in [0.15, 0.2) is 42.5 Å². The van der Waals surface area contributed by atoms with Gasteiger partial charge in [0.2, 0.25) is 0 Å². The van der Waals surface area contributed by atoms with Gasteiger partial charge in [0.05, 0.1) is 6.04 Å². The molecule has 0 aromatic heterocycles. The van der Waals surface area contributed by atoms with Gasteiger partial charge in [0, 0.05) is 46.0 Å². The number of likely N-dealkylation sites (tertiary alicyclic amines) is 1. The molecule has 1 aliphatic heterocycles. The van der Waals surface area contributed by atoms with Gasteiger partial charge in [-0.25, -0.2) is 18.4 Å². The van der Waals surface area contributed by atoms with E-state index in [4.69, 9.17) is 0 Å². The second-order valence-electron chi connectivity index (χ2n) is 7.34. The third-order valence-electron chi connectivity index (χ3n) is 5.02. The first-order valence-corrected chi connectivity index (χ1v) is 9.31. The maximum absolute atomic E-state index is 13.4. The van der Waals surface area contributed by atoms with Gasteiger partial charge in [-0.3, -0.25) is 0 Å². The summed E-state index contributed by atoms with van der Waals surface area (Å²) in [6, 6.07) is 9.67. The Bertz CT molecular complexity index is 882. The summed E-state index contributed by atoms with van der Waals surface area (Å²) in [6.07, 6.45) is 0.716. The van der Waals surface area contributed by atoms with Crippen LogP contribution in [-0.2, 0) is 0 Å². The van der Waals surface area contributed by atoms with Gasteiger partial charge in [0.15, 0.2) is 0 Å².